The molecular formula is C31H42N6O. The van der Waals surface area contributed by atoms with E-state index in [2.05, 4.69) is 50.2 Å². The van der Waals surface area contributed by atoms with Gasteiger partial charge in [-0.3, -0.25) is 9.80 Å². The first-order valence-electron chi connectivity index (χ1n) is 14.7. The van der Waals surface area contributed by atoms with E-state index >= 15 is 0 Å². The molecule has 0 unspecified atom stereocenters. The van der Waals surface area contributed by atoms with Gasteiger partial charge in [0.15, 0.2) is 0 Å². The third kappa shape index (κ3) is 7.00. The summed E-state index contributed by atoms with van der Waals surface area (Å²) >= 11 is 0. The molecule has 7 nitrogen and oxygen atoms in total. The predicted octanol–water partition coefficient (Wildman–Crippen LogP) is 5.23. The Morgan fingerprint density at radius 3 is 2.29 bits per heavy atom. The van der Waals surface area contributed by atoms with E-state index in [0.717, 1.165) is 70.9 Å². The van der Waals surface area contributed by atoms with Crippen molar-refractivity contribution < 1.29 is 4.79 Å². The molecule has 0 N–H and O–H groups in total. The Hall–Kier alpha value is -3.22. The van der Waals surface area contributed by atoms with Crippen molar-refractivity contribution in [2.24, 2.45) is 5.10 Å². The zero-order valence-electron chi connectivity index (χ0n) is 22.7. The minimum absolute atomic E-state index is 0.304. The van der Waals surface area contributed by atoms with Crippen molar-refractivity contribution in [2.75, 3.05) is 44.2 Å². The van der Waals surface area contributed by atoms with Crippen LogP contribution in [0.5, 0.6) is 0 Å². The minimum atomic E-state index is 0.304. The van der Waals surface area contributed by atoms with E-state index in [1.54, 1.807) is 12.4 Å². The highest BCUT2D eigenvalue weighted by atomic mass is 16.2. The molecule has 1 fully saturated rings. The van der Waals surface area contributed by atoms with Gasteiger partial charge in [0.1, 0.15) is 0 Å². The van der Waals surface area contributed by atoms with Gasteiger partial charge in [-0.25, -0.2) is 9.97 Å². The molecule has 202 valence electrons. The molecule has 0 bridgehead atoms. The van der Waals surface area contributed by atoms with Crippen LogP contribution in [0.25, 0.3) is 0 Å². The lowest BCUT2D eigenvalue weighted by atomic mass is 9.85. The maximum Gasteiger partial charge on any atom is 0.225 e. The zero-order chi connectivity index (χ0) is 26.0. The van der Waals surface area contributed by atoms with Gasteiger partial charge in [-0.05, 0) is 42.9 Å². The third-order valence-electron chi connectivity index (χ3n) is 8.05. The van der Waals surface area contributed by atoms with Gasteiger partial charge in [0, 0.05) is 57.1 Å². The van der Waals surface area contributed by atoms with Crippen LogP contribution in [0.3, 0.4) is 0 Å². The van der Waals surface area contributed by atoms with Crippen molar-refractivity contribution in [1.29, 1.82) is 0 Å². The highest BCUT2D eigenvalue weighted by Gasteiger charge is 2.23. The second-order valence-electron chi connectivity index (χ2n) is 10.7. The smallest absolute Gasteiger partial charge is 0.225 e. The van der Waals surface area contributed by atoms with Crippen LogP contribution in [0.4, 0.5) is 5.95 Å². The molecular weight excluding hydrogens is 472 g/mol. The first kappa shape index (κ1) is 26.4. The molecule has 1 aromatic heterocycles. The van der Waals surface area contributed by atoms with Crippen molar-refractivity contribution in [3.63, 3.8) is 0 Å². The Morgan fingerprint density at radius 1 is 0.789 bits per heavy atom. The Balaban J connectivity index is 0.883. The van der Waals surface area contributed by atoms with Crippen molar-refractivity contribution in [3.05, 3.63) is 65.5 Å². The van der Waals surface area contributed by atoms with E-state index in [4.69, 9.17) is 5.10 Å². The normalized spacial score (nSPS) is 17.0. The lowest BCUT2D eigenvalue weighted by Gasteiger charge is -2.34. The van der Waals surface area contributed by atoms with E-state index in [-0.39, 0.29) is 0 Å². The Morgan fingerprint density at radius 2 is 1.50 bits per heavy atom. The number of fused-ring (bicyclic) bond motifs is 3. The average molecular weight is 515 g/mol. The number of hydrazone groups is 1. The summed E-state index contributed by atoms with van der Waals surface area (Å²) in [6, 6.07) is 10.6. The number of aromatic nitrogens is 2. The first-order chi connectivity index (χ1) is 18.8. The molecule has 5 rings (SSSR count). The van der Waals surface area contributed by atoms with Crippen LogP contribution in [0, 0.1) is 0 Å². The lowest BCUT2D eigenvalue weighted by molar-refractivity contribution is -0.131. The number of benzene rings is 1. The number of hydrogen-bond donors (Lipinski definition) is 0. The quantitative estimate of drug-likeness (QED) is 0.363. The highest BCUT2D eigenvalue weighted by Crippen LogP contribution is 2.28. The summed E-state index contributed by atoms with van der Waals surface area (Å²) in [6.07, 6.45) is 18.6. The van der Waals surface area contributed by atoms with E-state index in [1.807, 2.05) is 11.0 Å². The molecule has 1 aliphatic carbocycles. The van der Waals surface area contributed by atoms with Crippen LogP contribution in [0.2, 0.25) is 0 Å². The van der Waals surface area contributed by atoms with Crippen LogP contribution in [-0.2, 0) is 11.2 Å². The summed E-state index contributed by atoms with van der Waals surface area (Å²) in [5.74, 6) is 1.07. The molecule has 1 amide bonds. The average Bonchev–Trinajstić information content (AvgIpc) is 2.98. The second-order valence-corrected chi connectivity index (χ2v) is 10.7. The van der Waals surface area contributed by atoms with Gasteiger partial charge in [0.05, 0.1) is 12.3 Å². The van der Waals surface area contributed by atoms with Crippen LogP contribution in [0.1, 0.15) is 75.3 Å². The minimum Gasteiger partial charge on any atom is -0.339 e. The largest absolute Gasteiger partial charge is 0.339 e. The van der Waals surface area contributed by atoms with Gasteiger partial charge in [0.2, 0.25) is 11.9 Å². The number of hydrogen-bond acceptors (Lipinski definition) is 6. The fourth-order valence-electron chi connectivity index (χ4n) is 5.79. The number of carbonyl (C=O) groups is 1. The molecule has 38 heavy (non-hydrogen) atoms. The maximum atomic E-state index is 12.6. The summed E-state index contributed by atoms with van der Waals surface area (Å²) in [4.78, 5) is 25.4. The summed E-state index contributed by atoms with van der Waals surface area (Å²) in [7, 11) is 0. The van der Waals surface area contributed by atoms with Gasteiger partial charge in [-0.2, -0.15) is 5.10 Å². The van der Waals surface area contributed by atoms with Crippen molar-refractivity contribution in [3.8, 4) is 0 Å². The second kappa shape index (κ2) is 13.5. The number of amides is 1. The van der Waals surface area contributed by atoms with Gasteiger partial charge >= 0.3 is 0 Å². The number of rotatable bonds is 12. The molecule has 0 radical (unpaired) electrons. The van der Waals surface area contributed by atoms with Gasteiger partial charge < -0.3 is 9.80 Å². The molecule has 3 heterocycles. The SMILES string of the molecule is O=C(CCCCCCCCCCN1CC=C2CCc3ccccc3C2=N1)N1CCN(c2ncccn2)CC1. The lowest BCUT2D eigenvalue weighted by Crippen LogP contribution is -2.49. The third-order valence-corrected chi connectivity index (χ3v) is 8.05. The molecule has 1 aromatic carbocycles. The summed E-state index contributed by atoms with van der Waals surface area (Å²) < 4.78 is 0. The molecule has 0 atom stereocenters. The highest BCUT2D eigenvalue weighted by molar-refractivity contribution is 6.14. The van der Waals surface area contributed by atoms with Gasteiger partial charge in [-0.15, -0.1) is 0 Å². The number of carbonyl (C=O) groups excluding carboxylic acids is 1. The van der Waals surface area contributed by atoms with Gasteiger partial charge in [-0.1, -0.05) is 68.9 Å². The number of piperazine rings is 1. The van der Waals surface area contributed by atoms with E-state index < -0.39 is 0 Å². The number of nitrogens with zero attached hydrogens (tertiary/aromatic N) is 6. The summed E-state index contributed by atoms with van der Waals surface area (Å²) in [5.41, 5.74) is 5.41. The fraction of sp³-hybridized carbons (Fsp3) is 0.548. The molecule has 2 aliphatic heterocycles. The molecule has 0 spiro atoms. The number of allylic oxidation sites excluding steroid dienone is 1. The van der Waals surface area contributed by atoms with Crippen molar-refractivity contribution in [2.45, 2.75) is 70.6 Å². The number of unbranched alkanes of at least 4 members (excludes halogenated alkanes) is 7. The van der Waals surface area contributed by atoms with Crippen molar-refractivity contribution in [1.82, 2.24) is 19.9 Å². The fourth-order valence-corrected chi connectivity index (χ4v) is 5.79. The van der Waals surface area contributed by atoms with E-state index in [9.17, 15) is 4.79 Å². The van der Waals surface area contributed by atoms with Crippen molar-refractivity contribution >= 4 is 17.6 Å². The Labute approximate surface area is 227 Å². The Kier molecular flexibility index (Phi) is 9.40. The topological polar surface area (TPSA) is 64.9 Å². The van der Waals surface area contributed by atoms with Crippen LogP contribution < -0.4 is 4.90 Å². The molecule has 7 heteroatoms. The monoisotopic (exact) mass is 514 g/mol. The van der Waals surface area contributed by atoms with E-state index in [1.165, 1.54) is 60.9 Å². The predicted molar refractivity (Wildman–Crippen MR) is 153 cm³/mol. The number of aryl methyl sites for hydroxylation is 1. The van der Waals surface area contributed by atoms with Crippen LogP contribution in [0.15, 0.2) is 59.5 Å². The molecule has 2 aromatic rings. The molecule has 1 saturated heterocycles. The van der Waals surface area contributed by atoms with Crippen LogP contribution in [-0.4, -0.2) is 70.8 Å². The number of anilines is 1. The summed E-state index contributed by atoms with van der Waals surface area (Å²) in [6.45, 7) is 5.16. The zero-order valence-corrected chi connectivity index (χ0v) is 22.7. The molecule has 3 aliphatic rings. The molecule has 0 saturated carbocycles. The van der Waals surface area contributed by atoms with Gasteiger partial charge in [0.25, 0.3) is 0 Å². The maximum absolute atomic E-state index is 12.6. The summed E-state index contributed by atoms with van der Waals surface area (Å²) in [5, 5.41) is 7.28. The Bertz CT molecular complexity index is 1110. The van der Waals surface area contributed by atoms with Crippen LogP contribution >= 0.6 is 0 Å². The first-order valence-corrected chi connectivity index (χ1v) is 14.7. The standard InChI is InChI=1S/C31H42N6O/c38-29(35-22-24-36(25-23-35)31-32-18-11-19-33-31)14-7-5-3-1-2-4-6-10-20-37-21-17-27-16-15-26-12-8-9-13-28(26)30(27)34-37/h8-9,11-13,17-19H,1-7,10,14-16,20-25H2. The van der Waals surface area contributed by atoms with E-state index in [0.29, 0.717) is 12.3 Å².